The quantitative estimate of drug-likeness (QED) is 0.553. The zero-order valence-corrected chi connectivity index (χ0v) is 18.0. The minimum atomic E-state index is -0.995. The van der Waals surface area contributed by atoms with E-state index in [1.807, 2.05) is 47.4 Å². The Morgan fingerprint density at radius 2 is 1.68 bits per heavy atom. The number of nitrogens with zero attached hydrogens (tertiary/aromatic N) is 1. The van der Waals surface area contributed by atoms with E-state index < -0.39 is 24.1 Å². The van der Waals surface area contributed by atoms with E-state index in [9.17, 15) is 14.7 Å². The van der Waals surface area contributed by atoms with Gasteiger partial charge in [0.15, 0.2) is 0 Å². The first-order chi connectivity index (χ1) is 15.0. The molecule has 166 valence electrons. The minimum absolute atomic E-state index is 0.216. The molecule has 1 saturated heterocycles. The van der Waals surface area contributed by atoms with Gasteiger partial charge in [0.05, 0.1) is 6.42 Å². The Bertz CT molecular complexity index is 848. The van der Waals surface area contributed by atoms with Crippen molar-refractivity contribution in [2.75, 3.05) is 19.7 Å². The number of hydrogen-bond acceptors (Lipinski definition) is 5. The molecule has 2 unspecified atom stereocenters. The number of rotatable bonds is 11. The Morgan fingerprint density at radius 3 is 2.39 bits per heavy atom. The number of hydrogen-bond donors (Lipinski definition) is 1. The van der Waals surface area contributed by atoms with Crippen LogP contribution in [0, 0.1) is 0 Å². The van der Waals surface area contributed by atoms with Crippen LogP contribution in [0.3, 0.4) is 0 Å². The van der Waals surface area contributed by atoms with Crippen LogP contribution >= 0.6 is 0 Å². The number of carboxylic acids is 1. The maximum atomic E-state index is 12.6. The summed E-state index contributed by atoms with van der Waals surface area (Å²) in [5.41, 5.74) is 2.37. The van der Waals surface area contributed by atoms with Crippen molar-refractivity contribution >= 4 is 11.9 Å². The van der Waals surface area contributed by atoms with Gasteiger partial charge < -0.3 is 14.6 Å². The largest absolute Gasteiger partial charge is 0.489 e. The Labute approximate surface area is 183 Å². The summed E-state index contributed by atoms with van der Waals surface area (Å²) < 4.78 is 11.5. The Hall–Kier alpha value is -2.86. The third kappa shape index (κ3) is 7.10. The number of carbonyl (C=O) groups excluding carboxylic acids is 1. The van der Waals surface area contributed by atoms with E-state index in [4.69, 9.17) is 9.47 Å². The maximum Gasteiger partial charge on any atom is 0.324 e. The minimum Gasteiger partial charge on any atom is -0.489 e. The molecule has 0 radical (unpaired) electrons. The third-order valence-corrected chi connectivity index (χ3v) is 5.51. The molecule has 0 bridgehead atoms. The monoisotopic (exact) mass is 425 g/mol. The van der Waals surface area contributed by atoms with Gasteiger partial charge in [0.1, 0.15) is 24.5 Å². The van der Waals surface area contributed by atoms with Crippen LogP contribution in [0.5, 0.6) is 5.75 Å². The standard InChI is InChI=1S/C25H31NO5/c1-19(31-25(29)22(17-24(27)28)26-15-7-8-16-26)18-30-23-12-6-5-11-21(23)14-13-20-9-3-2-4-10-20/h2-6,9-12,19,22H,7-8,13-18H2,1H3,(H,27,28). The predicted molar refractivity (Wildman–Crippen MR) is 118 cm³/mol. The molecule has 0 spiro atoms. The lowest BCUT2D eigenvalue weighted by Gasteiger charge is -2.26. The maximum absolute atomic E-state index is 12.6. The van der Waals surface area contributed by atoms with Crippen molar-refractivity contribution in [2.45, 2.75) is 51.2 Å². The summed E-state index contributed by atoms with van der Waals surface area (Å²) in [4.78, 5) is 25.7. The van der Waals surface area contributed by atoms with Crippen molar-refractivity contribution in [2.24, 2.45) is 0 Å². The smallest absolute Gasteiger partial charge is 0.324 e. The van der Waals surface area contributed by atoms with Crippen molar-refractivity contribution in [3.63, 3.8) is 0 Å². The number of aryl methyl sites for hydroxylation is 2. The van der Waals surface area contributed by atoms with Gasteiger partial charge in [-0.3, -0.25) is 14.5 Å². The average Bonchev–Trinajstić information content (AvgIpc) is 3.30. The van der Waals surface area contributed by atoms with Gasteiger partial charge in [0.25, 0.3) is 0 Å². The molecule has 6 heteroatoms. The van der Waals surface area contributed by atoms with Crippen molar-refractivity contribution in [1.82, 2.24) is 4.90 Å². The number of aliphatic carboxylic acids is 1. The molecule has 1 aliphatic rings. The number of para-hydroxylation sites is 1. The van der Waals surface area contributed by atoms with E-state index in [2.05, 4.69) is 12.1 Å². The fraction of sp³-hybridized carbons (Fsp3) is 0.440. The first-order valence-electron chi connectivity index (χ1n) is 10.9. The number of carboxylic acid groups (broad SMARTS) is 1. The van der Waals surface area contributed by atoms with Crippen LogP contribution in [0.25, 0.3) is 0 Å². The molecule has 2 aromatic carbocycles. The molecule has 6 nitrogen and oxygen atoms in total. The number of ether oxygens (including phenoxy) is 2. The molecule has 2 aromatic rings. The van der Waals surface area contributed by atoms with E-state index in [0.29, 0.717) is 0 Å². The van der Waals surface area contributed by atoms with Crippen molar-refractivity contribution < 1.29 is 24.2 Å². The molecule has 31 heavy (non-hydrogen) atoms. The highest BCUT2D eigenvalue weighted by Gasteiger charge is 2.32. The Balaban J connectivity index is 1.53. The van der Waals surface area contributed by atoms with Crippen molar-refractivity contribution in [3.8, 4) is 5.75 Å². The van der Waals surface area contributed by atoms with Gasteiger partial charge in [0, 0.05) is 0 Å². The molecule has 0 amide bonds. The molecular weight excluding hydrogens is 394 g/mol. The Morgan fingerprint density at radius 1 is 1.00 bits per heavy atom. The second-order valence-corrected chi connectivity index (χ2v) is 8.01. The van der Waals surface area contributed by atoms with E-state index >= 15 is 0 Å². The third-order valence-electron chi connectivity index (χ3n) is 5.51. The zero-order valence-electron chi connectivity index (χ0n) is 18.0. The van der Waals surface area contributed by atoms with Crippen LogP contribution < -0.4 is 4.74 Å². The molecular formula is C25H31NO5. The van der Waals surface area contributed by atoms with Crippen LogP contribution in [0.4, 0.5) is 0 Å². The lowest BCUT2D eigenvalue weighted by atomic mass is 10.0. The van der Waals surface area contributed by atoms with E-state index in [-0.39, 0.29) is 13.0 Å². The summed E-state index contributed by atoms with van der Waals surface area (Å²) >= 11 is 0. The van der Waals surface area contributed by atoms with Gasteiger partial charge in [-0.25, -0.2) is 0 Å². The van der Waals surface area contributed by atoms with Crippen LogP contribution in [0.2, 0.25) is 0 Å². The highest BCUT2D eigenvalue weighted by Crippen LogP contribution is 2.21. The second kappa shape index (κ2) is 11.5. The topological polar surface area (TPSA) is 76.1 Å². The van der Waals surface area contributed by atoms with Gasteiger partial charge in [-0.05, 0) is 62.9 Å². The summed E-state index contributed by atoms with van der Waals surface area (Å²) in [5, 5.41) is 9.18. The summed E-state index contributed by atoms with van der Waals surface area (Å²) in [6, 6.07) is 17.4. The van der Waals surface area contributed by atoms with Crippen LogP contribution in [0.15, 0.2) is 54.6 Å². The molecule has 1 fully saturated rings. The molecule has 1 aliphatic heterocycles. The normalized spacial score (nSPS) is 15.9. The van der Waals surface area contributed by atoms with Gasteiger partial charge in [-0.2, -0.15) is 0 Å². The fourth-order valence-corrected chi connectivity index (χ4v) is 3.87. The first kappa shape index (κ1) is 22.8. The van der Waals surface area contributed by atoms with Crippen LogP contribution in [0.1, 0.15) is 37.3 Å². The summed E-state index contributed by atoms with van der Waals surface area (Å²) in [7, 11) is 0. The average molecular weight is 426 g/mol. The summed E-state index contributed by atoms with van der Waals surface area (Å²) in [6.07, 6.45) is 2.99. The summed E-state index contributed by atoms with van der Waals surface area (Å²) in [6.45, 7) is 3.44. The highest BCUT2D eigenvalue weighted by molar-refractivity contribution is 5.82. The molecule has 1 heterocycles. The molecule has 1 N–H and O–H groups in total. The number of likely N-dealkylation sites (tertiary alicyclic amines) is 1. The van der Waals surface area contributed by atoms with Crippen molar-refractivity contribution in [3.05, 3.63) is 65.7 Å². The lowest BCUT2D eigenvalue weighted by Crippen LogP contribution is -2.43. The number of benzene rings is 2. The molecule has 2 atom stereocenters. The fourth-order valence-electron chi connectivity index (χ4n) is 3.87. The van der Waals surface area contributed by atoms with Gasteiger partial charge in [0.2, 0.25) is 0 Å². The SMILES string of the molecule is CC(COc1ccccc1CCc1ccccc1)OC(=O)C(CC(=O)O)N1CCCC1. The first-order valence-corrected chi connectivity index (χ1v) is 10.9. The zero-order chi connectivity index (χ0) is 22.1. The van der Waals surface area contributed by atoms with E-state index in [0.717, 1.165) is 50.1 Å². The summed E-state index contributed by atoms with van der Waals surface area (Å²) in [5.74, 6) is -0.703. The molecule has 0 saturated carbocycles. The Kier molecular flexibility index (Phi) is 8.47. The van der Waals surface area contributed by atoms with E-state index in [1.54, 1.807) is 6.92 Å². The van der Waals surface area contributed by atoms with Gasteiger partial charge in [-0.15, -0.1) is 0 Å². The van der Waals surface area contributed by atoms with Gasteiger partial charge in [-0.1, -0.05) is 48.5 Å². The number of esters is 1. The molecule has 0 aromatic heterocycles. The van der Waals surface area contributed by atoms with Crippen molar-refractivity contribution in [1.29, 1.82) is 0 Å². The predicted octanol–water partition coefficient (Wildman–Crippen LogP) is 3.72. The van der Waals surface area contributed by atoms with Gasteiger partial charge >= 0.3 is 11.9 Å². The van der Waals surface area contributed by atoms with E-state index in [1.165, 1.54) is 5.56 Å². The molecule has 3 rings (SSSR count). The number of carbonyl (C=O) groups is 2. The second-order valence-electron chi connectivity index (χ2n) is 8.01. The van der Waals surface area contributed by atoms with Crippen LogP contribution in [-0.4, -0.2) is 53.8 Å². The molecule has 0 aliphatic carbocycles. The highest BCUT2D eigenvalue weighted by atomic mass is 16.6. The lowest BCUT2D eigenvalue weighted by molar-refractivity contribution is -0.159. The van der Waals surface area contributed by atoms with Crippen LogP contribution in [-0.2, 0) is 27.2 Å².